The zero-order chi connectivity index (χ0) is 20.7. The van der Waals surface area contributed by atoms with E-state index in [0.29, 0.717) is 16.3 Å². The molecule has 4 rings (SSSR count). The van der Waals surface area contributed by atoms with Crippen LogP contribution in [0.4, 0.5) is 5.69 Å². The topological polar surface area (TPSA) is 59.3 Å². The van der Waals surface area contributed by atoms with Crippen LogP contribution in [0.1, 0.15) is 32.9 Å². The van der Waals surface area contributed by atoms with Gasteiger partial charge in [0.1, 0.15) is 0 Å². The Hall–Kier alpha value is -3.18. The summed E-state index contributed by atoms with van der Waals surface area (Å²) in [5.41, 5.74) is 7.58. The Morgan fingerprint density at radius 1 is 1.03 bits per heavy atom. The van der Waals surface area contributed by atoms with Crippen molar-refractivity contribution in [2.75, 3.05) is 5.32 Å². The van der Waals surface area contributed by atoms with Crippen molar-refractivity contribution in [3.05, 3.63) is 81.8 Å². The van der Waals surface area contributed by atoms with Gasteiger partial charge in [-0.15, -0.1) is 0 Å². The number of fused-ring (bicyclic) bond motifs is 1. The summed E-state index contributed by atoms with van der Waals surface area (Å²) in [5.74, 6) is -0.270. The summed E-state index contributed by atoms with van der Waals surface area (Å²) >= 11 is 6.25. The van der Waals surface area contributed by atoms with Crippen LogP contribution in [0, 0.1) is 27.7 Å². The summed E-state index contributed by atoms with van der Waals surface area (Å²) in [5, 5.41) is 8.02. The first-order valence-corrected chi connectivity index (χ1v) is 9.72. The van der Waals surface area contributed by atoms with Crippen molar-refractivity contribution in [1.82, 2.24) is 14.6 Å². The molecule has 0 fully saturated rings. The van der Waals surface area contributed by atoms with Gasteiger partial charge in [0.25, 0.3) is 5.91 Å². The quantitative estimate of drug-likeness (QED) is 0.488. The number of rotatable bonds is 3. The molecule has 2 aromatic carbocycles. The van der Waals surface area contributed by atoms with Crippen LogP contribution in [0.25, 0.3) is 16.8 Å². The van der Waals surface area contributed by atoms with E-state index in [1.165, 1.54) is 5.56 Å². The van der Waals surface area contributed by atoms with Gasteiger partial charge in [-0.3, -0.25) is 4.79 Å². The van der Waals surface area contributed by atoms with Gasteiger partial charge in [0.15, 0.2) is 5.65 Å². The molecule has 6 heteroatoms. The number of aryl methyl sites for hydroxylation is 4. The molecule has 146 valence electrons. The van der Waals surface area contributed by atoms with Gasteiger partial charge in [-0.25, -0.2) is 9.50 Å². The Kier molecular flexibility index (Phi) is 4.84. The average molecular weight is 405 g/mol. The molecule has 0 aliphatic heterocycles. The van der Waals surface area contributed by atoms with Crippen LogP contribution in [-0.2, 0) is 0 Å². The van der Waals surface area contributed by atoms with Crippen molar-refractivity contribution in [3.63, 3.8) is 0 Å². The number of carbonyl (C=O) groups excluding carboxylic acids is 1. The molecule has 5 nitrogen and oxygen atoms in total. The molecule has 0 aliphatic carbocycles. The molecule has 0 bridgehead atoms. The van der Waals surface area contributed by atoms with Gasteiger partial charge >= 0.3 is 0 Å². The highest BCUT2D eigenvalue weighted by Gasteiger charge is 2.19. The van der Waals surface area contributed by atoms with Gasteiger partial charge in [0.05, 0.1) is 27.7 Å². The number of amides is 1. The summed E-state index contributed by atoms with van der Waals surface area (Å²) in [6, 6.07) is 13.8. The minimum atomic E-state index is -0.270. The van der Waals surface area contributed by atoms with Crippen molar-refractivity contribution < 1.29 is 4.79 Å². The number of hydrogen-bond acceptors (Lipinski definition) is 3. The molecule has 0 spiro atoms. The molecule has 0 unspecified atom stereocenters. The number of anilines is 1. The second-order valence-electron chi connectivity index (χ2n) is 7.26. The van der Waals surface area contributed by atoms with E-state index in [0.717, 1.165) is 33.7 Å². The first-order valence-electron chi connectivity index (χ1n) is 9.34. The first kappa shape index (κ1) is 19.2. The zero-order valence-corrected chi connectivity index (χ0v) is 17.5. The van der Waals surface area contributed by atoms with E-state index in [1.807, 2.05) is 45.0 Å². The Morgan fingerprint density at radius 3 is 2.52 bits per heavy atom. The number of halogens is 1. The largest absolute Gasteiger partial charge is 0.321 e. The van der Waals surface area contributed by atoms with Crippen molar-refractivity contribution >= 4 is 28.8 Å². The minimum absolute atomic E-state index is 0.270. The second kappa shape index (κ2) is 7.33. The predicted molar refractivity (Wildman–Crippen MR) is 117 cm³/mol. The highest BCUT2D eigenvalue weighted by atomic mass is 35.5. The third kappa shape index (κ3) is 3.49. The number of carbonyl (C=O) groups is 1. The van der Waals surface area contributed by atoms with Gasteiger partial charge in [-0.1, -0.05) is 47.5 Å². The van der Waals surface area contributed by atoms with E-state index in [1.54, 1.807) is 16.8 Å². The summed E-state index contributed by atoms with van der Waals surface area (Å²) in [6.07, 6.45) is 1.60. The average Bonchev–Trinajstić information content (AvgIpc) is 3.01. The Bertz CT molecular complexity index is 1260. The normalized spacial score (nSPS) is 11.1. The fourth-order valence-electron chi connectivity index (χ4n) is 3.47. The minimum Gasteiger partial charge on any atom is -0.321 e. The maximum Gasteiger partial charge on any atom is 0.259 e. The maximum absolute atomic E-state index is 12.9. The molecule has 4 aromatic rings. The first-order chi connectivity index (χ1) is 13.8. The van der Waals surface area contributed by atoms with Crippen LogP contribution in [0.3, 0.4) is 0 Å². The number of benzene rings is 2. The summed E-state index contributed by atoms with van der Waals surface area (Å²) in [4.78, 5) is 17.4. The molecule has 0 radical (unpaired) electrons. The predicted octanol–water partition coefficient (Wildman–Crippen LogP) is 5.54. The lowest BCUT2D eigenvalue weighted by Gasteiger charge is -2.10. The summed E-state index contributed by atoms with van der Waals surface area (Å²) in [6.45, 7) is 7.83. The van der Waals surface area contributed by atoms with E-state index in [9.17, 15) is 4.79 Å². The van der Waals surface area contributed by atoms with E-state index < -0.39 is 0 Å². The molecule has 1 N–H and O–H groups in total. The molecule has 0 aliphatic rings. The molecule has 2 aromatic heterocycles. The van der Waals surface area contributed by atoms with Gasteiger partial charge in [-0.05, 0) is 51.0 Å². The number of hydrogen-bond donors (Lipinski definition) is 1. The van der Waals surface area contributed by atoms with Gasteiger partial charge in [-0.2, -0.15) is 5.10 Å². The number of nitrogens with zero attached hydrogens (tertiary/aromatic N) is 3. The number of aromatic nitrogens is 3. The van der Waals surface area contributed by atoms with Gasteiger partial charge in [0, 0.05) is 11.8 Å². The molecule has 2 heterocycles. The SMILES string of the molecule is Cc1cccc(-c2c(C)nn3c(C)c(C(=O)Nc4ccc(C)cc4Cl)cnc23)c1. The van der Waals surface area contributed by atoms with Crippen LogP contribution < -0.4 is 5.32 Å². The molecular formula is C23H21ClN4O. The Labute approximate surface area is 174 Å². The highest BCUT2D eigenvalue weighted by Crippen LogP contribution is 2.29. The number of nitrogens with one attached hydrogen (secondary N) is 1. The van der Waals surface area contributed by atoms with Crippen molar-refractivity contribution in [2.45, 2.75) is 27.7 Å². The van der Waals surface area contributed by atoms with Crippen LogP contribution in [-0.4, -0.2) is 20.5 Å². The monoisotopic (exact) mass is 404 g/mol. The van der Waals surface area contributed by atoms with Crippen LogP contribution >= 0.6 is 11.6 Å². The van der Waals surface area contributed by atoms with E-state index >= 15 is 0 Å². The highest BCUT2D eigenvalue weighted by molar-refractivity contribution is 6.34. The smallest absolute Gasteiger partial charge is 0.259 e. The lowest BCUT2D eigenvalue weighted by atomic mass is 10.0. The van der Waals surface area contributed by atoms with Crippen molar-refractivity contribution in [1.29, 1.82) is 0 Å². The third-order valence-corrected chi connectivity index (χ3v) is 5.30. The molecule has 1 amide bonds. The zero-order valence-electron chi connectivity index (χ0n) is 16.7. The Morgan fingerprint density at radius 2 is 1.79 bits per heavy atom. The van der Waals surface area contributed by atoms with Crippen molar-refractivity contribution in [3.8, 4) is 11.1 Å². The lowest BCUT2D eigenvalue weighted by molar-refractivity contribution is 0.102. The van der Waals surface area contributed by atoms with E-state index in [-0.39, 0.29) is 5.91 Å². The van der Waals surface area contributed by atoms with Crippen molar-refractivity contribution in [2.24, 2.45) is 0 Å². The lowest BCUT2D eigenvalue weighted by Crippen LogP contribution is -2.16. The molecule has 0 atom stereocenters. The van der Waals surface area contributed by atoms with E-state index in [2.05, 4.69) is 34.5 Å². The fraction of sp³-hybridized carbons (Fsp3) is 0.174. The fourth-order valence-corrected chi connectivity index (χ4v) is 3.76. The van der Waals surface area contributed by atoms with E-state index in [4.69, 9.17) is 11.6 Å². The summed E-state index contributed by atoms with van der Waals surface area (Å²) < 4.78 is 1.73. The molecule has 0 saturated heterocycles. The maximum atomic E-state index is 12.9. The second-order valence-corrected chi connectivity index (χ2v) is 7.67. The van der Waals surface area contributed by atoms with Crippen LogP contribution in [0.5, 0.6) is 0 Å². The Balaban J connectivity index is 1.76. The molecule has 0 saturated carbocycles. The van der Waals surface area contributed by atoms with Crippen LogP contribution in [0.15, 0.2) is 48.7 Å². The summed E-state index contributed by atoms with van der Waals surface area (Å²) in [7, 11) is 0. The molecular weight excluding hydrogens is 384 g/mol. The van der Waals surface area contributed by atoms with Gasteiger partial charge < -0.3 is 5.32 Å². The molecule has 29 heavy (non-hydrogen) atoms. The van der Waals surface area contributed by atoms with Crippen LogP contribution in [0.2, 0.25) is 5.02 Å². The third-order valence-electron chi connectivity index (χ3n) is 4.98. The standard InChI is InChI=1S/C23H21ClN4O/c1-13-6-5-7-17(10-13)21-15(3)27-28-16(4)18(12-25-22(21)28)23(29)26-20-9-8-14(2)11-19(20)24/h5-12H,1-4H3,(H,26,29). The van der Waals surface area contributed by atoms with Gasteiger partial charge in [0.2, 0.25) is 0 Å².